The van der Waals surface area contributed by atoms with Crippen LogP contribution in [0.25, 0.3) is 26.2 Å². The van der Waals surface area contributed by atoms with Crippen LogP contribution in [-0.2, 0) is 0 Å². The third-order valence-corrected chi connectivity index (χ3v) is 7.82. The number of fused-ring (bicyclic) bond motifs is 1. The van der Waals surface area contributed by atoms with Gasteiger partial charge in [0.1, 0.15) is 10.4 Å². The number of halogens is 2. The average Bonchev–Trinajstić information content (AvgIpc) is 3.48. The molecule has 1 fully saturated rings. The zero-order valence-corrected chi connectivity index (χ0v) is 21.7. The Bertz CT molecular complexity index is 1360. The van der Waals surface area contributed by atoms with Gasteiger partial charge in [0, 0.05) is 46.7 Å². The summed E-state index contributed by atoms with van der Waals surface area (Å²) in [5, 5.41) is 1.65. The monoisotopic (exact) mass is 515 g/mol. The summed E-state index contributed by atoms with van der Waals surface area (Å²) in [4.78, 5) is 19.1. The molecule has 0 radical (unpaired) electrons. The second-order valence-corrected chi connectivity index (χ2v) is 10.1. The number of methoxy groups -OCH3 is 1. The van der Waals surface area contributed by atoms with Crippen molar-refractivity contribution in [3.05, 3.63) is 76.2 Å². The molecule has 3 heterocycles. The number of ether oxygens (including phenoxy) is 1. The van der Waals surface area contributed by atoms with E-state index in [1.54, 1.807) is 11.7 Å². The van der Waals surface area contributed by atoms with Gasteiger partial charge in [0.2, 0.25) is 0 Å². The molecule has 1 saturated heterocycles. The molecule has 0 N–H and O–H groups in total. The number of hydrogen-bond donors (Lipinski definition) is 0. The van der Waals surface area contributed by atoms with Gasteiger partial charge in [-0.2, -0.15) is 0 Å². The van der Waals surface area contributed by atoms with Crippen molar-refractivity contribution in [1.82, 2.24) is 9.47 Å². The highest BCUT2D eigenvalue weighted by atomic mass is 35.5. The predicted octanol–water partition coefficient (Wildman–Crippen LogP) is 5.94. The van der Waals surface area contributed by atoms with Crippen LogP contribution in [0.3, 0.4) is 0 Å². The van der Waals surface area contributed by atoms with E-state index in [0.29, 0.717) is 11.1 Å². The standard InChI is InChI=1S/C26H26ClN3O2S.ClH/c1-28(2)21-11-12-29(16-21)22-9-8-20(15-23(22)32-3)30-13-10-18-14-24(33-25(18)26(30)31)17-4-6-19(27)7-5-17;/h4-10,13-15,21H,11-12,16H2,1-3H3;1H/t21-;/m0./s1. The Morgan fingerprint density at radius 3 is 2.53 bits per heavy atom. The van der Waals surface area contributed by atoms with E-state index in [1.807, 2.05) is 48.7 Å². The van der Waals surface area contributed by atoms with Gasteiger partial charge in [-0.15, -0.1) is 23.7 Å². The fraction of sp³-hybridized carbons (Fsp3) is 0.269. The molecule has 8 heteroatoms. The molecule has 1 aliphatic heterocycles. The highest BCUT2D eigenvalue weighted by molar-refractivity contribution is 7.22. The molecule has 0 spiro atoms. The summed E-state index contributed by atoms with van der Waals surface area (Å²) in [6.45, 7) is 1.96. The summed E-state index contributed by atoms with van der Waals surface area (Å²) in [6, 6.07) is 18.3. The van der Waals surface area contributed by atoms with Crippen LogP contribution in [0.15, 0.2) is 65.6 Å². The van der Waals surface area contributed by atoms with Crippen LogP contribution in [0.1, 0.15) is 6.42 Å². The Morgan fingerprint density at radius 1 is 1.09 bits per heavy atom. The van der Waals surface area contributed by atoms with E-state index in [-0.39, 0.29) is 18.0 Å². The van der Waals surface area contributed by atoms with Crippen molar-refractivity contribution in [3.8, 4) is 21.9 Å². The van der Waals surface area contributed by atoms with Crippen LogP contribution in [-0.4, -0.2) is 49.8 Å². The lowest BCUT2D eigenvalue weighted by atomic mass is 10.2. The maximum atomic E-state index is 13.4. The summed E-state index contributed by atoms with van der Waals surface area (Å²) < 4.78 is 8.17. The van der Waals surface area contributed by atoms with Crippen molar-refractivity contribution < 1.29 is 4.74 Å². The Balaban J connectivity index is 0.00000274. The van der Waals surface area contributed by atoms with E-state index >= 15 is 0 Å². The molecule has 1 atom stereocenters. The highest BCUT2D eigenvalue weighted by Gasteiger charge is 2.26. The summed E-state index contributed by atoms with van der Waals surface area (Å²) in [5.41, 5.74) is 2.90. The van der Waals surface area contributed by atoms with Gasteiger partial charge in [-0.3, -0.25) is 9.36 Å². The molecule has 0 unspecified atom stereocenters. The van der Waals surface area contributed by atoms with E-state index in [1.165, 1.54) is 11.3 Å². The lowest BCUT2D eigenvalue weighted by molar-refractivity contribution is 0.315. The van der Waals surface area contributed by atoms with Crippen LogP contribution >= 0.6 is 35.3 Å². The molecular formula is C26H27Cl2N3O2S. The first-order valence-corrected chi connectivity index (χ1v) is 12.1. The zero-order valence-electron chi connectivity index (χ0n) is 19.3. The second-order valence-electron chi connectivity index (χ2n) is 8.60. The molecule has 178 valence electrons. The first-order chi connectivity index (χ1) is 15.9. The summed E-state index contributed by atoms with van der Waals surface area (Å²) >= 11 is 7.53. The van der Waals surface area contributed by atoms with E-state index < -0.39 is 0 Å². The first-order valence-electron chi connectivity index (χ1n) is 11.0. The first kappa shape index (κ1) is 24.6. The molecule has 2 aromatic carbocycles. The highest BCUT2D eigenvalue weighted by Crippen LogP contribution is 2.35. The van der Waals surface area contributed by atoms with Crippen molar-refractivity contribution >= 4 is 51.1 Å². The van der Waals surface area contributed by atoms with Crippen molar-refractivity contribution in [3.63, 3.8) is 0 Å². The van der Waals surface area contributed by atoms with Gasteiger partial charge in [0.05, 0.1) is 18.5 Å². The SMILES string of the molecule is COc1cc(-n2ccc3cc(-c4ccc(Cl)cc4)sc3c2=O)ccc1N1CC[C@H](N(C)C)C1.Cl. The Morgan fingerprint density at radius 2 is 1.85 bits per heavy atom. The van der Waals surface area contributed by atoms with Crippen molar-refractivity contribution in [2.75, 3.05) is 39.2 Å². The Hall–Kier alpha value is -2.51. The van der Waals surface area contributed by atoms with Crippen LogP contribution in [0, 0.1) is 0 Å². The minimum absolute atomic E-state index is 0. The van der Waals surface area contributed by atoms with E-state index in [4.69, 9.17) is 16.3 Å². The van der Waals surface area contributed by atoms with Crippen LogP contribution < -0.4 is 15.2 Å². The van der Waals surface area contributed by atoms with Gasteiger partial charge in [0.15, 0.2) is 0 Å². The number of nitrogens with zero attached hydrogens (tertiary/aromatic N) is 3. The van der Waals surface area contributed by atoms with E-state index in [0.717, 1.165) is 57.2 Å². The van der Waals surface area contributed by atoms with Crippen molar-refractivity contribution in [2.24, 2.45) is 0 Å². The molecule has 0 amide bonds. The van der Waals surface area contributed by atoms with Crippen LogP contribution in [0.5, 0.6) is 5.75 Å². The largest absolute Gasteiger partial charge is 0.495 e. The molecule has 0 saturated carbocycles. The molecule has 5 nitrogen and oxygen atoms in total. The molecule has 0 aliphatic carbocycles. The number of likely N-dealkylation sites (N-methyl/N-ethyl adjacent to an activating group) is 1. The third kappa shape index (κ3) is 4.56. The van der Waals surface area contributed by atoms with E-state index in [9.17, 15) is 4.79 Å². The number of pyridine rings is 1. The fourth-order valence-corrected chi connectivity index (χ4v) is 5.66. The van der Waals surface area contributed by atoms with Gasteiger partial charge in [-0.1, -0.05) is 23.7 Å². The summed E-state index contributed by atoms with van der Waals surface area (Å²) in [7, 11) is 5.94. The normalized spacial score (nSPS) is 15.7. The third-order valence-electron chi connectivity index (χ3n) is 6.38. The Labute approximate surface area is 214 Å². The fourth-order valence-electron chi connectivity index (χ4n) is 4.45. The van der Waals surface area contributed by atoms with Crippen molar-refractivity contribution in [2.45, 2.75) is 12.5 Å². The number of rotatable bonds is 5. The van der Waals surface area contributed by atoms with Gasteiger partial charge in [-0.05, 0) is 62.5 Å². The predicted molar refractivity (Wildman–Crippen MR) is 146 cm³/mol. The maximum absolute atomic E-state index is 13.4. The molecule has 5 rings (SSSR count). The summed E-state index contributed by atoms with van der Waals surface area (Å²) in [6.07, 6.45) is 2.97. The van der Waals surface area contributed by atoms with Gasteiger partial charge in [0.25, 0.3) is 5.56 Å². The molecule has 4 aromatic rings. The lowest BCUT2D eigenvalue weighted by Crippen LogP contribution is -2.31. The summed E-state index contributed by atoms with van der Waals surface area (Å²) in [5.74, 6) is 0.784. The molecule has 1 aliphatic rings. The molecular weight excluding hydrogens is 489 g/mol. The average molecular weight is 516 g/mol. The lowest BCUT2D eigenvalue weighted by Gasteiger charge is -2.24. The van der Waals surface area contributed by atoms with Gasteiger partial charge in [-0.25, -0.2) is 0 Å². The van der Waals surface area contributed by atoms with E-state index in [2.05, 4.69) is 36.0 Å². The molecule has 2 aromatic heterocycles. The van der Waals surface area contributed by atoms with Crippen molar-refractivity contribution in [1.29, 1.82) is 0 Å². The number of hydrogen-bond acceptors (Lipinski definition) is 5. The quantitative estimate of drug-likeness (QED) is 0.329. The van der Waals surface area contributed by atoms with Gasteiger partial charge < -0.3 is 14.5 Å². The number of benzene rings is 2. The van der Waals surface area contributed by atoms with Crippen LogP contribution in [0.4, 0.5) is 5.69 Å². The number of anilines is 1. The minimum Gasteiger partial charge on any atom is -0.495 e. The zero-order chi connectivity index (χ0) is 23.1. The van der Waals surface area contributed by atoms with Gasteiger partial charge >= 0.3 is 0 Å². The molecule has 0 bridgehead atoms. The number of thiophene rings is 1. The number of aromatic nitrogens is 1. The van der Waals surface area contributed by atoms with Crippen LogP contribution in [0.2, 0.25) is 5.02 Å². The topological polar surface area (TPSA) is 37.7 Å². The smallest absolute Gasteiger partial charge is 0.273 e. The molecule has 34 heavy (non-hydrogen) atoms. The second kappa shape index (κ2) is 10.0. The maximum Gasteiger partial charge on any atom is 0.273 e. The minimum atomic E-state index is -0.0265. The Kier molecular flexibility index (Phi) is 7.24.